The molecule has 1 unspecified atom stereocenters. The molecule has 1 aromatic carbocycles. The number of aromatic nitrogens is 4. The Morgan fingerprint density at radius 3 is 2.47 bits per heavy atom. The first-order chi connectivity index (χ1) is 14.6. The largest absolute Gasteiger partial charge is 0.354 e. The maximum atomic E-state index is 6.25. The van der Waals surface area contributed by atoms with Crippen molar-refractivity contribution in [1.29, 1.82) is 0 Å². The van der Waals surface area contributed by atoms with E-state index in [4.69, 9.17) is 21.1 Å². The Morgan fingerprint density at radius 1 is 1.03 bits per heavy atom. The molecular formula is C22H25ClN6O. The number of piperazine rings is 1. The average molecular weight is 425 g/mol. The summed E-state index contributed by atoms with van der Waals surface area (Å²) in [5.74, 6) is 3.61. The van der Waals surface area contributed by atoms with Gasteiger partial charge in [-0.2, -0.15) is 4.98 Å². The quantitative estimate of drug-likeness (QED) is 0.567. The van der Waals surface area contributed by atoms with Gasteiger partial charge in [0.25, 0.3) is 0 Å². The molecule has 0 radical (unpaired) electrons. The van der Waals surface area contributed by atoms with Crippen LogP contribution in [0.4, 0.5) is 5.82 Å². The molecule has 3 heterocycles. The molecular weight excluding hydrogens is 400 g/mol. The normalized spacial score (nSPS) is 18.6. The van der Waals surface area contributed by atoms with Crippen LogP contribution in [0.5, 0.6) is 0 Å². The van der Waals surface area contributed by atoms with Crippen LogP contribution >= 0.6 is 11.6 Å². The first-order valence-electron chi connectivity index (χ1n) is 10.5. The third kappa shape index (κ3) is 4.04. The highest BCUT2D eigenvalue weighted by Crippen LogP contribution is 2.39. The summed E-state index contributed by atoms with van der Waals surface area (Å²) < 4.78 is 5.59. The summed E-state index contributed by atoms with van der Waals surface area (Å²) in [6, 6.07) is 10.1. The molecule has 1 saturated carbocycles. The number of hydrogen-bond donors (Lipinski definition) is 0. The van der Waals surface area contributed by atoms with Crippen molar-refractivity contribution in [2.45, 2.75) is 38.6 Å². The monoisotopic (exact) mass is 424 g/mol. The van der Waals surface area contributed by atoms with Gasteiger partial charge in [0.15, 0.2) is 0 Å². The van der Waals surface area contributed by atoms with Crippen LogP contribution in [-0.2, 0) is 0 Å². The second-order valence-corrected chi connectivity index (χ2v) is 8.59. The molecule has 3 aromatic rings. The molecule has 0 bridgehead atoms. The fourth-order valence-electron chi connectivity index (χ4n) is 3.83. The number of benzene rings is 1. The van der Waals surface area contributed by atoms with Crippen LogP contribution in [-0.4, -0.2) is 51.2 Å². The molecule has 1 saturated heterocycles. The minimum atomic E-state index is 0.0647. The molecule has 8 heteroatoms. The zero-order chi connectivity index (χ0) is 20.7. The fourth-order valence-corrected chi connectivity index (χ4v) is 4.01. The van der Waals surface area contributed by atoms with Crippen molar-refractivity contribution in [2.24, 2.45) is 0 Å². The second-order valence-electron chi connectivity index (χ2n) is 8.20. The maximum Gasteiger partial charge on any atom is 0.244 e. The molecule has 30 heavy (non-hydrogen) atoms. The summed E-state index contributed by atoms with van der Waals surface area (Å²) in [6.07, 6.45) is 2.33. The Hall–Kier alpha value is -2.51. The van der Waals surface area contributed by atoms with Gasteiger partial charge in [0.1, 0.15) is 16.8 Å². The van der Waals surface area contributed by atoms with Crippen LogP contribution < -0.4 is 4.90 Å². The molecule has 1 atom stereocenters. The second kappa shape index (κ2) is 7.96. The van der Waals surface area contributed by atoms with Gasteiger partial charge in [0.05, 0.1) is 6.04 Å². The SMILES string of the molecule is Cc1ccc(-c2noc(C(C)N3CCN(c4cc(Cl)nc(C5CC5)n4)CC3)n2)cc1. The van der Waals surface area contributed by atoms with Crippen molar-refractivity contribution < 1.29 is 4.52 Å². The van der Waals surface area contributed by atoms with Crippen LogP contribution in [0.25, 0.3) is 11.4 Å². The van der Waals surface area contributed by atoms with Gasteiger partial charge in [-0.1, -0.05) is 46.6 Å². The fraction of sp³-hybridized carbons (Fsp3) is 0.455. The van der Waals surface area contributed by atoms with Gasteiger partial charge in [-0.3, -0.25) is 4.90 Å². The summed E-state index contributed by atoms with van der Waals surface area (Å²) in [5.41, 5.74) is 2.18. The summed E-state index contributed by atoms with van der Waals surface area (Å²) in [6.45, 7) is 7.72. The molecule has 2 fully saturated rings. The highest BCUT2D eigenvalue weighted by Gasteiger charge is 2.30. The Labute approximate surface area is 181 Å². The van der Waals surface area contributed by atoms with Crippen molar-refractivity contribution in [3.05, 3.63) is 52.8 Å². The summed E-state index contributed by atoms with van der Waals surface area (Å²) in [7, 11) is 0. The predicted molar refractivity (Wildman–Crippen MR) is 116 cm³/mol. The number of hydrogen-bond acceptors (Lipinski definition) is 7. The molecule has 0 amide bonds. The zero-order valence-electron chi connectivity index (χ0n) is 17.3. The van der Waals surface area contributed by atoms with Gasteiger partial charge in [0.2, 0.25) is 11.7 Å². The summed E-state index contributed by atoms with van der Waals surface area (Å²) in [5, 5.41) is 4.72. The smallest absolute Gasteiger partial charge is 0.244 e. The van der Waals surface area contributed by atoms with E-state index in [1.165, 1.54) is 18.4 Å². The van der Waals surface area contributed by atoms with Crippen LogP contribution in [0.2, 0.25) is 5.15 Å². The minimum absolute atomic E-state index is 0.0647. The van der Waals surface area contributed by atoms with Crippen molar-refractivity contribution in [3.8, 4) is 11.4 Å². The van der Waals surface area contributed by atoms with Crippen LogP contribution in [0.3, 0.4) is 0 Å². The van der Waals surface area contributed by atoms with Gasteiger partial charge in [0, 0.05) is 43.7 Å². The number of halogens is 1. The van der Waals surface area contributed by atoms with E-state index >= 15 is 0 Å². The van der Waals surface area contributed by atoms with Crippen LogP contribution in [0, 0.1) is 6.92 Å². The zero-order valence-corrected chi connectivity index (χ0v) is 18.0. The Kier molecular flexibility index (Phi) is 5.16. The van der Waals surface area contributed by atoms with Crippen LogP contribution in [0.1, 0.15) is 49.0 Å². The molecule has 2 aliphatic rings. The van der Waals surface area contributed by atoms with Crippen molar-refractivity contribution >= 4 is 17.4 Å². The van der Waals surface area contributed by atoms with E-state index in [-0.39, 0.29) is 6.04 Å². The molecule has 1 aliphatic heterocycles. The van der Waals surface area contributed by atoms with Crippen molar-refractivity contribution in [2.75, 3.05) is 31.1 Å². The molecule has 7 nitrogen and oxygen atoms in total. The summed E-state index contributed by atoms with van der Waals surface area (Å²) in [4.78, 5) is 18.5. The minimum Gasteiger partial charge on any atom is -0.354 e. The van der Waals surface area contributed by atoms with E-state index in [2.05, 4.69) is 50.9 Å². The van der Waals surface area contributed by atoms with Gasteiger partial charge >= 0.3 is 0 Å². The molecule has 5 rings (SSSR count). The molecule has 0 spiro atoms. The highest BCUT2D eigenvalue weighted by molar-refractivity contribution is 6.29. The van der Waals surface area contributed by atoms with Crippen molar-refractivity contribution in [3.63, 3.8) is 0 Å². The number of aryl methyl sites for hydroxylation is 1. The van der Waals surface area contributed by atoms with Gasteiger partial charge in [-0.15, -0.1) is 0 Å². The molecule has 2 aromatic heterocycles. The highest BCUT2D eigenvalue weighted by atomic mass is 35.5. The van der Waals surface area contributed by atoms with Gasteiger partial charge in [-0.25, -0.2) is 9.97 Å². The number of nitrogens with zero attached hydrogens (tertiary/aromatic N) is 6. The van der Waals surface area contributed by atoms with E-state index in [0.717, 1.165) is 43.4 Å². The van der Waals surface area contributed by atoms with Crippen LogP contribution in [0.15, 0.2) is 34.9 Å². The van der Waals surface area contributed by atoms with E-state index in [9.17, 15) is 0 Å². The van der Waals surface area contributed by atoms with E-state index in [1.54, 1.807) is 0 Å². The first kappa shape index (κ1) is 19.5. The lowest BCUT2D eigenvalue weighted by atomic mass is 10.1. The molecule has 156 valence electrons. The molecule has 0 N–H and O–H groups in total. The lowest BCUT2D eigenvalue weighted by Gasteiger charge is -2.37. The Morgan fingerprint density at radius 2 is 1.77 bits per heavy atom. The topological polar surface area (TPSA) is 71.2 Å². The van der Waals surface area contributed by atoms with Gasteiger partial charge in [-0.05, 0) is 26.7 Å². The van der Waals surface area contributed by atoms with E-state index in [0.29, 0.717) is 22.8 Å². The lowest BCUT2D eigenvalue weighted by Crippen LogP contribution is -2.47. The maximum absolute atomic E-state index is 6.25. The summed E-state index contributed by atoms with van der Waals surface area (Å²) >= 11 is 6.25. The number of rotatable bonds is 5. The van der Waals surface area contributed by atoms with Gasteiger partial charge < -0.3 is 9.42 Å². The Bertz CT molecular complexity index is 1020. The van der Waals surface area contributed by atoms with E-state index < -0.39 is 0 Å². The number of anilines is 1. The van der Waals surface area contributed by atoms with Crippen molar-refractivity contribution in [1.82, 2.24) is 25.0 Å². The van der Waals surface area contributed by atoms with E-state index in [1.807, 2.05) is 18.2 Å². The molecule has 1 aliphatic carbocycles. The third-order valence-electron chi connectivity index (χ3n) is 5.94. The average Bonchev–Trinajstić information content (AvgIpc) is 3.50. The predicted octanol–water partition coefficient (Wildman–Crippen LogP) is 4.25. The first-order valence-corrected chi connectivity index (χ1v) is 10.9. The lowest BCUT2D eigenvalue weighted by molar-refractivity contribution is 0.164. The standard InChI is InChI=1S/C22H25ClN6O/c1-14-3-5-17(6-4-14)21-26-22(30-27-21)15(2)28-9-11-29(12-10-28)19-13-18(23)24-20(25-19)16-7-8-16/h3-6,13,15-16H,7-12H2,1-2H3. The third-order valence-corrected chi connectivity index (χ3v) is 6.13. The Balaban J connectivity index is 1.24.